The van der Waals surface area contributed by atoms with Crippen molar-refractivity contribution in [3.8, 4) is 0 Å². The van der Waals surface area contributed by atoms with Crippen LogP contribution in [-0.4, -0.2) is 40.9 Å². The molecule has 0 radical (unpaired) electrons. The van der Waals surface area contributed by atoms with Crippen LogP contribution in [0.25, 0.3) is 0 Å². The van der Waals surface area contributed by atoms with Crippen LogP contribution in [-0.2, 0) is 14.3 Å². The Morgan fingerprint density at radius 1 is 1.13 bits per heavy atom. The molecule has 1 saturated carbocycles. The molecule has 0 atom stereocenters. The van der Waals surface area contributed by atoms with Gasteiger partial charge in [-0.3, -0.25) is 14.4 Å². The van der Waals surface area contributed by atoms with Crippen LogP contribution in [0.15, 0.2) is 34.9 Å². The van der Waals surface area contributed by atoms with Gasteiger partial charge in [-0.2, -0.15) is 0 Å². The summed E-state index contributed by atoms with van der Waals surface area (Å²) in [6.07, 6.45) is 6.25. The van der Waals surface area contributed by atoms with Crippen LogP contribution in [0.3, 0.4) is 0 Å². The van der Waals surface area contributed by atoms with Crippen LogP contribution >= 0.6 is 11.8 Å². The van der Waals surface area contributed by atoms with Crippen molar-refractivity contribution in [3.05, 3.63) is 47.2 Å². The van der Waals surface area contributed by atoms with Gasteiger partial charge in [0, 0.05) is 11.6 Å². The second-order valence-corrected chi connectivity index (χ2v) is 8.39. The van der Waals surface area contributed by atoms with Gasteiger partial charge in [-0.1, -0.05) is 48.7 Å². The normalized spacial score (nSPS) is 14.3. The number of amides is 1. The van der Waals surface area contributed by atoms with E-state index in [-0.39, 0.29) is 29.8 Å². The van der Waals surface area contributed by atoms with Gasteiger partial charge in [0.05, 0.1) is 11.5 Å². The van der Waals surface area contributed by atoms with Crippen molar-refractivity contribution in [2.45, 2.75) is 44.9 Å². The zero-order chi connectivity index (χ0) is 21.3. The number of hydrogen-bond donors (Lipinski definition) is 1. The van der Waals surface area contributed by atoms with E-state index in [0.29, 0.717) is 23.1 Å². The van der Waals surface area contributed by atoms with Crippen molar-refractivity contribution in [3.63, 3.8) is 0 Å². The number of ketones is 1. The molecule has 3 rings (SSSR count). The van der Waals surface area contributed by atoms with Gasteiger partial charge in [0.25, 0.3) is 0 Å². The number of nitrogens with one attached hydrogen (secondary N) is 1. The van der Waals surface area contributed by atoms with Gasteiger partial charge >= 0.3 is 5.97 Å². The second kappa shape index (κ2) is 11.0. The molecular weight excluding hydrogens is 404 g/mol. The minimum absolute atomic E-state index is 0.0147. The highest BCUT2D eigenvalue weighted by Crippen LogP contribution is 2.32. The Morgan fingerprint density at radius 2 is 1.87 bits per heavy atom. The quantitative estimate of drug-likeness (QED) is 0.472. The summed E-state index contributed by atoms with van der Waals surface area (Å²) in [4.78, 5) is 35.9. The van der Waals surface area contributed by atoms with Gasteiger partial charge in [-0.05, 0) is 31.2 Å². The number of ether oxygens (including phenoxy) is 1. The topological polar surface area (TPSA) is 98.5 Å². The van der Waals surface area contributed by atoms with Crippen molar-refractivity contribution >= 4 is 35.2 Å². The summed E-state index contributed by atoms with van der Waals surface area (Å²) >= 11 is 1.10. The molecule has 1 amide bonds. The molecule has 7 nitrogen and oxygen atoms in total. The molecule has 1 aliphatic rings. The van der Waals surface area contributed by atoms with E-state index in [0.717, 1.165) is 11.8 Å². The molecule has 8 heteroatoms. The molecule has 1 fully saturated rings. The summed E-state index contributed by atoms with van der Waals surface area (Å²) in [7, 11) is 0. The molecule has 160 valence electrons. The van der Waals surface area contributed by atoms with E-state index in [1.54, 1.807) is 13.0 Å². The summed E-state index contributed by atoms with van der Waals surface area (Å²) in [6, 6.07) is 9.24. The summed E-state index contributed by atoms with van der Waals surface area (Å²) in [5.74, 6) is 0.505. The van der Waals surface area contributed by atoms with Gasteiger partial charge < -0.3 is 14.6 Å². The van der Waals surface area contributed by atoms with Crippen LogP contribution in [0.1, 0.15) is 59.7 Å². The standard InChI is InChI=1S/C22H26N2O5S/c1-15-11-20(24-29-15)23-21(26)13-30-14-22(27)28-12-19(25)18-9-7-17(8-10-18)16-5-3-2-4-6-16/h7-11,16H,2-6,12-14H2,1H3,(H,23,24,26). The third-order valence-electron chi connectivity index (χ3n) is 5.02. The molecule has 1 aliphatic carbocycles. The second-order valence-electron chi connectivity index (χ2n) is 7.40. The molecule has 1 heterocycles. The van der Waals surface area contributed by atoms with Crippen LogP contribution < -0.4 is 5.32 Å². The number of aromatic nitrogens is 1. The number of carbonyl (C=O) groups is 3. The van der Waals surface area contributed by atoms with Crippen LogP contribution in [0.5, 0.6) is 0 Å². The first kappa shape index (κ1) is 22.1. The first-order valence-corrected chi connectivity index (χ1v) is 11.3. The van der Waals surface area contributed by atoms with E-state index in [2.05, 4.69) is 10.5 Å². The molecule has 2 aromatic rings. The summed E-state index contributed by atoms with van der Waals surface area (Å²) < 4.78 is 9.90. The lowest BCUT2D eigenvalue weighted by molar-refractivity contribution is -0.139. The van der Waals surface area contributed by atoms with Gasteiger partial charge in [0.2, 0.25) is 5.91 Å². The van der Waals surface area contributed by atoms with Gasteiger partial charge in [-0.15, -0.1) is 11.8 Å². The van der Waals surface area contributed by atoms with Crippen molar-refractivity contribution in [1.29, 1.82) is 0 Å². The van der Waals surface area contributed by atoms with Crippen molar-refractivity contribution < 1.29 is 23.6 Å². The number of hydrogen-bond acceptors (Lipinski definition) is 7. The van der Waals surface area contributed by atoms with Crippen LogP contribution in [0.4, 0.5) is 5.82 Å². The highest BCUT2D eigenvalue weighted by Gasteiger charge is 2.16. The molecule has 0 aliphatic heterocycles. The van der Waals surface area contributed by atoms with Gasteiger partial charge in [-0.25, -0.2) is 0 Å². The first-order chi connectivity index (χ1) is 14.5. The van der Waals surface area contributed by atoms with Gasteiger partial charge in [0.1, 0.15) is 5.76 Å². The van der Waals surface area contributed by atoms with E-state index in [9.17, 15) is 14.4 Å². The van der Waals surface area contributed by atoms with E-state index >= 15 is 0 Å². The first-order valence-electron chi connectivity index (χ1n) is 10.1. The number of rotatable bonds is 9. The molecule has 1 aromatic heterocycles. The predicted octanol–water partition coefficient (Wildman–Crippen LogP) is 4.13. The minimum Gasteiger partial charge on any atom is -0.457 e. The number of esters is 1. The minimum atomic E-state index is -0.530. The Bertz CT molecular complexity index is 872. The molecule has 1 N–H and O–H groups in total. The maximum Gasteiger partial charge on any atom is 0.316 e. The smallest absolute Gasteiger partial charge is 0.316 e. The lowest BCUT2D eigenvalue weighted by Crippen LogP contribution is -2.18. The fraction of sp³-hybridized carbons (Fsp3) is 0.455. The lowest BCUT2D eigenvalue weighted by Gasteiger charge is -2.22. The zero-order valence-corrected chi connectivity index (χ0v) is 17.8. The van der Waals surface area contributed by atoms with E-state index in [4.69, 9.17) is 9.26 Å². The fourth-order valence-corrected chi connectivity index (χ4v) is 4.09. The number of nitrogens with zero attached hydrogens (tertiary/aromatic N) is 1. The SMILES string of the molecule is Cc1cc(NC(=O)CSCC(=O)OCC(=O)c2ccc(C3CCCCC3)cc2)no1. The molecule has 0 bridgehead atoms. The van der Waals surface area contributed by atoms with Crippen molar-refractivity contribution in [2.24, 2.45) is 0 Å². The Morgan fingerprint density at radius 3 is 2.53 bits per heavy atom. The van der Waals surface area contributed by atoms with E-state index in [1.165, 1.54) is 37.7 Å². The number of thioether (sulfide) groups is 1. The van der Waals surface area contributed by atoms with Gasteiger partial charge in [0.15, 0.2) is 18.2 Å². The molecule has 0 spiro atoms. The Hall–Kier alpha value is -2.61. The average molecular weight is 431 g/mol. The fourth-order valence-electron chi connectivity index (χ4n) is 3.48. The Kier molecular flexibility index (Phi) is 8.07. The number of anilines is 1. The third-order valence-corrected chi connectivity index (χ3v) is 5.93. The third kappa shape index (κ3) is 6.73. The van der Waals surface area contributed by atoms with Crippen LogP contribution in [0.2, 0.25) is 0 Å². The highest BCUT2D eigenvalue weighted by atomic mass is 32.2. The zero-order valence-electron chi connectivity index (χ0n) is 17.0. The predicted molar refractivity (Wildman–Crippen MR) is 115 cm³/mol. The molecule has 0 saturated heterocycles. The van der Waals surface area contributed by atoms with Crippen molar-refractivity contribution in [2.75, 3.05) is 23.4 Å². The molecule has 0 unspecified atom stereocenters. The molecule has 30 heavy (non-hydrogen) atoms. The summed E-state index contributed by atoms with van der Waals surface area (Å²) in [5.41, 5.74) is 1.82. The van der Waals surface area contributed by atoms with Crippen molar-refractivity contribution in [1.82, 2.24) is 5.16 Å². The maximum absolute atomic E-state index is 12.3. The average Bonchev–Trinajstić information content (AvgIpc) is 3.17. The summed E-state index contributed by atoms with van der Waals surface area (Å²) in [6.45, 7) is 1.42. The number of carbonyl (C=O) groups excluding carboxylic acids is 3. The number of aryl methyl sites for hydroxylation is 1. The summed E-state index contributed by atoms with van der Waals surface area (Å²) in [5, 5.41) is 6.23. The molecular formula is C22H26N2O5S. The highest BCUT2D eigenvalue weighted by molar-refractivity contribution is 8.00. The van der Waals surface area contributed by atoms with E-state index in [1.807, 2.05) is 24.3 Å². The monoisotopic (exact) mass is 430 g/mol. The largest absolute Gasteiger partial charge is 0.457 e. The number of benzene rings is 1. The lowest BCUT2D eigenvalue weighted by atomic mass is 9.84. The molecule has 1 aromatic carbocycles. The maximum atomic E-state index is 12.3. The van der Waals surface area contributed by atoms with E-state index < -0.39 is 5.97 Å². The van der Waals surface area contributed by atoms with Crippen LogP contribution in [0, 0.1) is 6.92 Å². The Balaban J connectivity index is 1.34. The Labute approximate surface area is 179 Å². The number of Topliss-reactive ketones (excluding diaryl/α,β-unsaturated/α-hetero) is 1.